The average molecular weight is 613 g/mol. The van der Waals surface area contributed by atoms with Crippen LogP contribution in [0.1, 0.15) is 57.5 Å². The molecule has 8 nitrogen and oxygen atoms in total. The number of hydrogen-bond acceptors (Lipinski definition) is 4. The van der Waals surface area contributed by atoms with Crippen molar-refractivity contribution in [2.24, 2.45) is 0 Å². The molecule has 0 aliphatic carbocycles. The van der Waals surface area contributed by atoms with Crippen molar-refractivity contribution in [3.05, 3.63) is 131 Å². The average Bonchev–Trinajstić information content (AvgIpc) is 3.80. The van der Waals surface area contributed by atoms with Crippen LogP contribution >= 0.6 is 0 Å². The van der Waals surface area contributed by atoms with Crippen molar-refractivity contribution < 1.29 is 19.2 Å². The lowest BCUT2D eigenvalue weighted by Gasteiger charge is -2.24. The van der Waals surface area contributed by atoms with E-state index in [-0.39, 0.29) is 23.6 Å². The smallest absolute Gasteiger partial charge is 0.254 e. The highest BCUT2D eigenvalue weighted by molar-refractivity contribution is 6.02. The lowest BCUT2D eigenvalue weighted by Crippen LogP contribution is -2.43. The van der Waals surface area contributed by atoms with Crippen molar-refractivity contribution >= 4 is 47.2 Å². The molecule has 6 rings (SSSR count). The van der Waals surface area contributed by atoms with E-state index in [0.29, 0.717) is 48.4 Å². The standard InChI is InChI=1S/C38H36N4O4/c43-35(33-13-7-25-41(33)37(45)29-9-3-1-4-10-29)39-31-21-17-27(18-22-31)15-16-28-19-23-32(24-20-28)40-36(44)34-14-8-26-42(34)38(46)30-11-5-2-6-12-30/h1-6,9-12,15-24,33-34H,7-8,13-14,25-26H2,(H,39,43)(H,40,44)/b16-15+/t33-,34-/m0/s1. The Kier molecular flexibility index (Phi) is 9.34. The molecule has 4 aromatic rings. The fourth-order valence-electron chi connectivity index (χ4n) is 6.06. The fourth-order valence-corrected chi connectivity index (χ4v) is 6.06. The van der Waals surface area contributed by atoms with E-state index in [0.717, 1.165) is 24.0 Å². The first-order valence-electron chi connectivity index (χ1n) is 15.7. The topological polar surface area (TPSA) is 98.8 Å². The van der Waals surface area contributed by atoms with E-state index in [1.54, 1.807) is 34.1 Å². The molecule has 0 saturated carbocycles. The third-order valence-corrected chi connectivity index (χ3v) is 8.50. The van der Waals surface area contributed by atoms with Gasteiger partial charge in [-0.1, -0.05) is 72.8 Å². The Morgan fingerprint density at radius 3 is 1.26 bits per heavy atom. The van der Waals surface area contributed by atoms with E-state index in [2.05, 4.69) is 10.6 Å². The minimum atomic E-state index is -0.492. The second kappa shape index (κ2) is 14.1. The summed E-state index contributed by atoms with van der Waals surface area (Å²) < 4.78 is 0. The molecule has 8 heteroatoms. The highest BCUT2D eigenvalue weighted by atomic mass is 16.2. The summed E-state index contributed by atoms with van der Waals surface area (Å²) in [6, 6.07) is 32.2. The third-order valence-electron chi connectivity index (χ3n) is 8.50. The van der Waals surface area contributed by atoms with Gasteiger partial charge < -0.3 is 20.4 Å². The van der Waals surface area contributed by atoms with Crippen molar-refractivity contribution in [1.29, 1.82) is 0 Å². The van der Waals surface area contributed by atoms with Crippen LogP contribution in [0.15, 0.2) is 109 Å². The van der Waals surface area contributed by atoms with Crippen molar-refractivity contribution in [2.45, 2.75) is 37.8 Å². The SMILES string of the molecule is O=C(Nc1ccc(/C=C/c2ccc(NC(=O)[C@@H]3CCCN3C(=O)c3ccccc3)cc2)cc1)[C@@H]1CCCN1C(=O)c1ccccc1. The number of likely N-dealkylation sites (tertiary alicyclic amines) is 2. The number of rotatable bonds is 8. The first-order valence-corrected chi connectivity index (χ1v) is 15.7. The molecule has 2 aliphatic heterocycles. The van der Waals surface area contributed by atoms with Crippen LogP contribution in [-0.4, -0.2) is 58.6 Å². The molecule has 2 heterocycles. The van der Waals surface area contributed by atoms with Gasteiger partial charge in [-0.25, -0.2) is 0 Å². The van der Waals surface area contributed by atoms with Gasteiger partial charge >= 0.3 is 0 Å². The zero-order chi connectivity index (χ0) is 31.9. The molecule has 2 fully saturated rings. The van der Waals surface area contributed by atoms with Crippen molar-refractivity contribution in [2.75, 3.05) is 23.7 Å². The summed E-state index contributed by atoms with van der Waals surface area (Å²) in [5.41, 5.74) is 4.44. The van der Waals surface area contributed by atoms with Crippen LogP contribution in [0.4, 0.5) is 11.4 Å². The van der Waals surface area contributed by atoms with Crippen molar-refractivity contribution in [3.63, 3.8) is 0 Å². The summed E-state index contributed by atoms with van der Waals surface area (Å²) in [7, 11) is 0. The lowest BCUT2D eigenvalue weighted by molar-refractivity contribution is -0.120. The number of anilines is 2. The van der Waals surface area contributed by atoms with Crippen LogP contribution < -0.4 is 10.6 Å². The van der Waals surface area contributed by atoms with E-state index < -0.39 is 12.1 Å². The molecule has 0 aromatic heterocycles. The van der Waals surface area contributed by atoms with E-state index in [4.69, 9.17) is 0 Å². The van der Waals surface area contributed by atoms with Gasteiger partial charge in [0.25, 0.3) is 11.8 Å². The normalized spacial score (nSPS) is 17.7. The van der Waals surface area contributed by atoms with Gasteiger partial charge in [0.15, 0.2) is 0 Å². The van der Waals surface area contributed by atoms with E-state index in [1.807, 2.05) is 97.1 Å². The summed E-state index contributed by atoms with van der Waals surface area (Å²) in [5, 5.41) is 5.93. The summed E-state index contributed by atoms with van der Waals surface area (Å²) in [5.74, 6) is -0.601. The molecule has 2 aliphatic rings. The van der Waals surface area contributed by atoms with Gasteiger partial charge in [-0.3, -0.25) is 19.2 Å². The molecule has 2 saturated heterocycles. The van der Waals surface area contributed by atoms with Gasteiger partial charge in [0.05, 0.1) is 0 Å². The molecule has 0 spiro atoms. The molecule has 0 bridgehead atoms. The van der Waals surface area contributed by atoms with Crippen LogP contribution in [0.3, 0.4) is 0 Å². The number of nitrogens with one attached hydrogen (secondary N) is 2. The molecule has 0 radical (unpaired) electrons. The predicted molar refractivity (Wildman–Crippen MR) is 180 cm³/mol. The monoisotopic (exact) mass is 612 g/mol. The molecule has 0 unspecified atom stereocenters. The molecule has 46 heavy (non-hydrogen) atoms. The van der Waals surface area contributed by atoms with Gasteiger partial charge in [-0.05, 0) is 85.3 Å². The molecule has 4 amide bonds. The Hall–Kier alpha value is -5.50. The maximum Gasteiger partial charge on any atom is 0.254 e. The number of carbonyl (C=O) groups excluding carboxylic acids is 4. The third kappa shape index (κ3) is 7.07. The van der Waals surface area contributed by atoms with Crippen molar-refractivity contribution in [3.8, 4) is 0 Å². The second-order valence-corrected chi connectivity index (χ2v) is 11.6. The minimum absolute atomic E-state index is 0.120. The van der Waals surface area contributed by atoms with Crippen molar-refractivity contribution in [1.82, 2.24) is 9.80 Å². The number of hydrogen-bond donors (Lipinski definition) is 2. The lowest BCUT2D eigenvalue weighted by atomic mass is 10.1. The van der Waals surface area contributed by atoms with Gasteiger partial charge in [0.1, 0.15) is 12.1 Å². The van der Waals surface area contributed by atoms with Crippen LogP contribution in [0.2, 0.25) is 0 Å². The van der Waals surface area contributed by atoms with E-state index in [9.17, 15) is 19.2 Å². The summed E-state index contributed by atoms with van der Waals surface area (Å²) >= 11 is 0. The molecule has 2 atom stereocenters. The van der Waals surface area contributed by atoms with Gasteiger partial charge in [-0.15, -0.1) is 0 Å². The Morgan fingerprint density at radius 2 is 0.891 bits per heavy atom. The molecule has 4 aromatic carbocycles. The number of benzene rings is 4. The summed E-state index contributed by atoms with van der Waals surface area (Å²) in [4.78, 5) is 55.4. The van der Waals surface area contributed by atoms with Gasteiger partial charge in [0, 0.05) is 35.6 Å². The van der Waals surface area contributed by atoms with Crippen LogP contribution in [-0.2, 0) is 9.59 Å². The minimum Gasteiger partial charge on any atom is -0.327 e. The maximum absolute atomic E-state index is 13.1. The zero-order valence-corrected chi connectivity index (χ0v) is 25.5. The highest BCUT2D eigenvalue weighted by Gasteiger charge is 2.35. The highest BCUT2D eigenvalue weighted by Crippen LogP contribution is 2.24. The Balaban J connectivity index is 1.01. The number of carbonyl (C=O) groups is 4. The fraction of sp³-hybridized carbons (Fsp3) is 0.211. The first-order chi connectivity index (χ1) is 22.5. The summed E-state index contributed by atoms with van der Waals surface area (Å²) in [6.45, 7) is 1.13. The molecule has 232 valence electrons. The Bertz CT molecular complexity index is 1590. The second-order valence-electron chi connectivity index (χ2n) is 11.6. The van der Waals surface area contributed by atoms with Gasteiger partial charge in [-0.2, -0.15) is 0 Å². The van der Waals surface area contributed by atoms with Crippen LogP contribution in [0.25, 0.3) is 12.2 Å². The van der Waals surface area contributed by atoms with Crippen LogP contribution in [0, 0.1) is 0 Å². The molecular formula is C38H36N4O4. The predicted octanol–water partition coefficient (Wildman–Crippen LogP) is 6.34. The largest absolute Gasteiger partial charge is 0.327 e. The van der Waals surface area contributed by atoms with Gasteiger partial charge in [0.2, 0.25) is 11.8 Å². The quantitative estimate of drug-likeness (QED) is 0.227. The van der Waals surface area contributed by atoms with E-state index >= 15 is 0 Å². The van der Waals surface area contributed by atoms with Crippen LogP contribution in [0.5, 0.6) is 0 Å². The first kappa shape index (κ1) is 30.5. The number of amides is 4. The summed E-state index contributed by atoms with van der Waals surface area (Å²) in [6.07, 6.45) is 6.82. The molecule has 2 N–H and O–H groups in total. The number of nitrogens with zero attached hydrogens (tertiary/aromatic N) is 2. The van der Waals surface area contributed by atoms with E-state index in [1.165, 1.54) is 0 Å². The molecular weight excluding hydrogens is 576 g/mol. The Morgan fingerprint density at radius 1 is 0.522 bits per heavy atom. The zero-order valence-electron chi connectivity index (χ0n) is 25.5. The Labute approximate surface area is 268 Å². The maximum atomic E-state index is 13.1.